The molecule has 98 valence electrons. The van der Waals surface area contributed by atoms with Gasteiger partial charge in [-0.1, -0.05) is 36.4 Å². The van der Waals surface area contributed by atoms with Crippen LogP contribution in [0.5, 0.6) is 11.5 Å². The van der Waals surface area contributed by atoms with Gasteiger partial charge in [-0.15, -0.1) is 0 Å². The molecule has 0 saturated carbocycles. The Balaban J connectivity index is 2.05. The van der Waals surface area contributed by atoms with Crippen molar-refractivity contribution in [3.63, 3.8) is 0 Å². The predicted molar refractivity (Wildman–Crippen MR) is 72.7 cm³/mol. The molecular weight excluding hydrogens is 240 g/mol. The summed E-state index contributed by atoms with van der Waals surface area (Å²) in [4.78, 5) is 0. The smallest absolute Gasteiger partial charge is 0.167 e. The lowest BCUT2D eigenvalue weighted by atomic mass is 9.96. The van der Waals surface area contributed by atoms with Crippen LogP contribution in [0.3, 0.4) is 0 Å². The van der Waals surface area contributed by atoms with Crippen LogP contribution in [0.1, 0.15) is 22.8 Å². The Bertz CT molecular complexity index is 592. The van der Waals surface area contributed by atoms with Crippen LogP contribution in [0, 0.1) is 6.92 Å². The van der Waals surface area contributed by atoms with E-state index in [1.807, 2.05) is 49.4 Å². The fraction of sp³-hybridized carbons (Fsp3) is 0.250. The van der Waals surface area contributed by atoms with Crippen molar-refractivity contribution in [2.75, 3.05) is 13.2 Å². The van der Waals surface area contributed by atoms with Crippen molar-refractivity contribution in [1.82, 2.24) is 0 Å². The summed E-state index contributed by atoms with van der Waals surface area (Å²) < 4.78 is 11.2. The molecule has 0 amide bonds. The third-order valence-corrected chi connectivity index (χ3v) is 3.37. The van der Waals surface area contributed by atoms with E-state index in [9.17, 15) is 5.11 Å². The molecule has 0 saturated heterocycles. The van der Waals surface area contributed by atoms with Crippen molar-refractivity contribution in [2.45, 2.75) is 13.0 Å². The second kappa shape index (κ2) is 4.94. The molecule has 3 nitrogen and oxygen atoms in total. The van der Waals surface area contributed by atoms with Crippen LogP contribution in [0.15, 0.2) is 42.5 Å². The molecule has 1 unspecified atom stereocenters. The van der Waals surface area contributed by atoms with E-state index in [0.29, 0.717) is 24.7 Å². The fourth-order valence-corrected chi connectivity index (χ4v) is 2.37. The zero-order valence-corrected chi connectivity index (χ0v) is 10.8. The van der Waals surface area contributed by atoms with E-state index in [-0.39, 0.29) is 0 Å². The highest BCUT2D eigenvalue weighted by molar-refractivity contribution is 5.51. The van der Waals surface area contributed by atoms with Gasteiger partial charge in [0.2, 0.25) is 0 Å². The van der Waals surface area contributed by atoms with Gasteiger partial charge in [0.25, 0.3) is 0 Å². The molecule has 0 bridgehead atoms. The zero-order valence-electron chi connectivity index (χ0n) is 10.8. The summed E-state index contributed by atoms with van der Waals surface area (Å²) in [6.45, 7) is 3.06. The van der Waals surface area contributed by atoms with Gasteiger partial charge < -0.3 is 14.6 Å². The minimum absolute atomic E-state index is 0.518. The van der Waals surface area contributed by atoms with Gasteiger partial charge >= 0.3 is 0 Å². The zero-order chi connectivity index (χ0) is 13.2. The van der Waals surface area contributed by atoms with Gasteiger partial charge in [0.15, 0.2) is 11.5 Å². The third-order valence-electron chi connectivity index (χ3n) is 3.37. The van der Waals surface area contributed by atoms with Crippen molar-refractivity contribution in [1.29, 1.82) is 0 Å². The average Bonchev–Trinajstić information content (AvgIpc) is 2.46. The van der Waals surface area contributed by atoms with E-state index in [4.69, 9.17) is 9.47 Å². The van der Waals surface area contributed by atoms with Crippen molar-refractivity contribution in [2.24, 2.45) is 0 Å². The molecule has 0 spiro atoms. The number of benzene rings is 2. The summed E-state index contributed by atoms with van der Waals surface area (Å²) >= 11 is 0. The molecule has 1 aliphatic heterocycles. The lowest BCUT2D eigenvalue weighted by Crippen LogP contribution is -2.17. The molecule has 1 atom stereocenters. The van der Waals surface area contributed by atoms with Gasteiger partial charge in [-0.25, -0.2) is 0 Å². The number of fused-ring (bicyclic) bond motifs is 1. The van der Waals surface area contributed by atoms with Crippen molar-refractivity contribution < 1.29 is 14.6 Å². The van der Waals surface area contributed by atoms with Gasteiger partial charge in [0, 0.05) is 5.56 Å². The molecule has 2 aromatic rings. The molecule has 3 heteroatoms. The number of hydrogen-bond acceptors (Lipinski definition) is 3. The summed E-state index contributed by atoms with van der Waals surface area (Å²) in [5.41, 5.74) is 2.71. The van der Waals surface area contributed by atoms with E-state index in [2.05, 4.69) is 0 Å². The number of ether oxygens (including phenoxy) is 2. The summed E-state index contributed by atoms with van der Waals surface area (Å²) in [5.74, 6) is 1.36. The summed E-state index contributed by atoms with van der Waals surface area (Å²) in [6.07, 6.45) is -0.696. The Labute approximate surface area is 112 Å². The first kappa shape index (κ1) is 12.1. The standard InChI is InChI=1S/C16H16O3/c1-11-5-2-3-6-12(11)15(17)13-7-4-8-14-16(13)19-10-9-18-14/h2-8,15,17H,9-10H2,1H3. The molecule has 1 aliphatic rings. The van der Waals surface area contributed by atoms with Crippen LogP contribution in [0.4, 0.5) is 0 Å². The Hall–Kier alpha value is -2.00. The SMILES string of the molecule is Cc1ccccc1C(O)c1cccc2c1OCCO2. The number of rotatable bonds is 2. The van der Waals surface area contributed by atoms with Gasteiger partial charge in [0.1, 0.15) is 19.3 Å². The van der Waals surface area contributed by atoms with Crippen molar-refractivity contribution in [3.8, 4) is 11.5 Å². The van der Waals surface area contributed by atoms with Crippen LogP contribution >= 0.6 is 0 Å². The largest absolute Gasteiger partial charge is 0.486 e. The van der Waals surface area contributed by atoms with E-state index in [1.165, 1.54) is 0 Å². The van der Waals surface area contributed by atoms with Gasteiger partial charge in [-0.2, -0.15) is 0 Å². The fourth-order valence-electron chi connectivity index (χ4n) is 2.37. The molecule has 3 rings (SSSR count). The molecule has 0 aromatic heterocycles. The molecule has 1 heterocycles. The van der Waals surface area contributed by atoms with Gasteiger partial charge in [-0.05, 0) is 24.1 Å². The van der Waals surface area contributed by atoms with E-state index >= 15 is 0 Å². The molecule has 19 heavy (non-hydrogen) atoms. The quantitative estimate of drug-likeness (QED) is 0.898. The summed E-state index contributed by atoms with van der Waals surface area (Å²) in [6, 6.07) is 13.4. The number of aliphatic hydroxyl groups is 1. The number of hydrogen-bond donors (Lipinski definition) is 1. The van der Waals surface area contributed by atoms with Gasteiger partial charge in [-0.3, -0.25) is 0 Å². The number of aliphatic hydroxyl groups excluding tert-OH is 1. The first-order valence-corrected chi connectivity index (χ1v) is 6.39. The minimum Gasteiger partial charge on any atom is -0.486 e. The normalized spacial score (nSPS) is 15.1. The first-order valence-electron chi connectivity index (χ1n) is 6.39. The lowest BCUT2D eigenvalue weighted by molar-refractivity contribution is 0.158. The monoisotopic (exact) mass is 256 g/mol. The van der Waals surface area contributed by atoms with Crippen molar-refractivity contribution >= 4 is 0 Å². The number of aryl methyl sites for hydroxylation is 1. The highest BCUT2D eigenvalue weighted by atomic mass is 16.6. The van der Waals surface area contributed by atoms with Crippen LogP contribution in [0.25, 0.3) is 0 Å². The van der Waals surface area contributed by atoms with E-state index in [0.717, 1.165) is 16.7 Å². The molecule has 0 fully saturated rings. The maximum atomic E-state index is 10.6. The van der Waals surface area contributed by atoms with Crippen LogP contribution in [0.2, 0.25) is 0 Å². The Morgan fingerprint density at radius 3 is 2.53 bits per heavy atom. The summed E-state index contributed by atoms with van der Waals surface area (Å²) in [5, 5.41) is 10.6. The maximum absolute atomic E-state index is 10.6. The molecule has 2 aromatic carbocycles. The van der Waals surface area contributed by atoms with Crippen LogP contribution in [-0.2, 0) is 0 Å². The minimum atomic E-state index is -0.696. The highest BCUT2D eigenvalue weighted by Gasteiger charge is 2.22. The van der Waals surface area contributed by atoms with Crippen molar-refractivity contribution in [3.05, 3.63) is 59.2 Å². The van der Waals surface area contributed by atoms with E-state index in [1.54, 1.807) is 0 Å². The molecular formula is C16H16O3. The second-order valence-corrected chi connectivity index (χ2v) is 4.63. The van der Waals surface area contributed by atoms with Crippen LogP contribution < -0.4 is 9.47 Å². The van der Waals surface area contributed by atoms with E-state index < -0.39 is 6.10 Å². The highest BCUT2D eigenvalue weighted by Crippen LogP contribution is 2.39. The third kappa shape index (κ3) is 2.17. The maximum Gasteiger partial charge on any atom is 0.167 e. The Morgan fingerprint density at radius 2 is 1.68 bits per heavy atom. The molecule has 0 radical (unpaired) electrons. The molecule has 0 aliphatic carbocycles. The van der Waals surface area contributed by atoms with Crippen LogP contribution in [-0.4, -0.2) is 18.3 Å². The Morgan fingerprint density at radius 1 is 0.947 bits per heavy atom. The Kier molecular flexibility index (Phi) is 3.13. The second-order valence-electron chi connectivity index (χ2n) is 4.63. The average molecular weight is 256 g/mol. The lowest BCUT2D eigenvalue weighted by Gasteiger charge is -2.23. The predicted octanol–water partition coefficient (Wildman–Crippen LogP) is 2.85. The van der Waals surface area contributed by atoms with Gasteiger partial charge in [0.05, 0.1) is 0 Å². The first-order chi connectivity index (χ1) is 9.27. The summed E-state index contributed by atoms with van der Waals surface area (Å²) in [7, 11) is 0. The number of para-hydroxylation sites is 1. The topological polar surface area (TPSA) is 38.7 Å². The molecule has 1 N–H and O–H groups in total.